The van der Waals surface area contributed by atoms with E-state index in [1.807, 2.05) is 0 Å². The van der Waals surface area contributed by atoms with E-state index in [9.17, 15) is 0 Å². The molecule has 2 unspecified atom stereocenters. The van der Waals surface area contributed by atoms with Crippen LogP contribution in [0, 0.1) is 10.8 Å². The van der Waals surface area contributed by atoms with Crippen LogP contribution in [0.25, 0.3) is 0 Å². The van der Waals surface area contributed by atoms with Crippen LogP contribution in [0.5, 0.6) is 0 Å². The van der Waals surface area contributed by atoms with E-state index >= 15 is 0 Å². The minimum Gasteiger partial charge on any atom is -0.301 e. The van der Waals surface area contributed by atoms with E-state index < -0.39 is 0 Å². The molecule has 1 N–H and O–H groups in total. The maximum Gasteiger partial charge on any atom is 0.0586 e. The average molecular weight is 243 g/mol. The fourth-order valence-corrected chi connectivity index (χ4v) is 4.01. The van der Waals surface area contributed by atoms with Gasteiger partial charge in [-0.05, 0) is 30.1 Å². The number of rotatable bonds is 5. The van der Waals surface area contributed by atoms with Crippen molar-refractivity contribution in [1.29, 1.82) is 0 Å². The smallest absolute Gasteiger partial charge is 0.0586 e. The highest BCUT2D eigenvalue weighted by molar-refractivity contribution is 8.00. The van der Waals surface area contributed by atoms with Gasteiger partial charge in [0.05, 0.1) is 5.37 Å². The second kappa shape index (κ2) is 5.30. The standard InChI is InChI=1S/C14H29NS/c1-7-13(4,5)12-15-11(10-16-12)14(6,8-2)9-3/h11-12,15H,7-10H2,1-6H3. The lowest BCUT2D eigenvalue weighted by Gasteiger charge is -2.36. The first-order chi connectivity index (χ1) is 7.39. The molecule has 1 saturated heterocycles. The molecule has 0 bridgehead atoms. The van der Waals surface area contributed by atoms with Gasteiger partial charge in [0.2, 0.25) is 0 Å². The van der Waals surface area contributed by atoms with Gasteiger partial charge in [-0.2, -0.15) is 0 Å². The number of nitrogens with one attached hydrogen (secondary N) is 1. The molecular formula is C14H29NS. The fourth-order valence-electron chi connectivity index (χ4n) is 2.25. The molecule has 0 amide bonds. The first-order valence-corrected chi connectivity index (χ1v) is 7.82. The molecule has 1 rings (SSSR count). The summed E-state index contributed by atoms with van der Waals surface area (Å²) in [7, 11) is 0. The maximum atomic E-state index is 3.89. The predicted octanol–water partition coefficient (Wildman–Crippen LogP) is 4.28. The summed E-state index contributed by atoms with van der Waals surface area (Å²) in [4.78, 5) is 0. The van der Waals surface area contributed by atoms with Crippen LogP contribution in [0.4, 0.5) is 0 Å². The minimum atomic E-state index is 0.418. The molecule has 0 aromatic rings. The SMILES string of the molecule is CCC(C)(C)C1NC(C(C)(CC)CC)CS1. The van der Waals surface area contributed by atoms with Crippen molar-refractivity contribution in [3.05, 3.63) is 0 Å². The summed E-state index contributed by atoms with van der Waals surface area (Å²) < 4.78 is 0. The van der Waals surface area contributed by atoms with Crippen molar-refractivity contribution in [2.24, 2.45) is 10.8 Å². The second-order valence-electron chi connectivity index (χ2n) is 6.14. The molecule has 0 aliphatic carbocycles. The maximum absolute atomic E-state index is 3.89. The molecule has 1 nitrogen and oxygen atoms in total. The van der Waals surface area contributed by atoms with Gasteiger partial charge in [-0.3, -0.25) is 0 Å². The van der Waals surface area contributed by atoms with Gasteiger partial charge in [-0.1, -0.05) is 41.5 Å². The second-order valence-corrected chi connectivity index (χ2v) is 7.27. The molecular weight excluding hydrogens is 214 g/mol. The molecule has 96 valence electrons. The highest BCUT2D eigenvalue weighted by Crippen LogP contribution is 2.42. The van der Waals surface area contributed by atoms with Gasteiger partial charge in [0.1, 0.15) is 0 Å². The summed E-state index contributed by atoms with van der Waals surface area (Å²) in [5.74, 6) is 1.28. The molecule has 0 saturated carbocycles. The molecule has 1 fully saturated rings. The Bertz CT molecular complexity index is 221. The van der Waals surface area contributed by atoms with Crippen molar-refractivity contribution in [3.8, 4) is 0 Å². The molecule has 2 heteroatoms. The van der Waals surface area contributed by atoms with Crippen LogP contribution >= 0.6 is 11.8 Å². The van der Waals surface area contributed by atoms with E-state index in [1.54, 1.807) is 0 Å². The Morgan fingerprint density at radius 3 is 2.06 bits per heavy atom. The molecule has 0 radical (unpaired) electrons. The minimum absolute atomic E-state index is 0.418. The summed E-state index contributed by atoms with van der Waals surface area (Å²) in [5.41, 5.74) is 0.896. The van der Waals surface area contributed by atoms with Crippen molar-refractivity contribution < 1.29 is 0 Å². The van der Waals surface area contributed by atoms with E-state index in [2.05, 4.69) is 58.6 Å². The third-order valence-electron chi connectivity index (χ3n) is 4.86. The summed E-state index contributed by atoms with van der Waals surface area (Å²) in [6.07, 6.45) is 3.81. The largest absolute Gasteiger partial charge is 0.301 e. The first-order valence-electron chi connectivity index (χ1n) is 6.77. The molecule has 16 heavy (non-hydrogen) atoms. The van der Waals surface area contributed by atoms with Gasteiger partial charge < -0.3 is 5.32 Å². The van der Waals surface area contributed by atoms with Crippen molar-refractivity contribution in [1.82, 2.24) is 5.32 Å². The van der Waals surface area contributed by atoms with Gasteiger partial charge in [-0.25, -0.2) is 0 Å². The monoisotopic (exact) mass is 243 g/mol. The number of thioether (sulfide) groups is 1. The molecule has 1 aliphatic heterocycles. The van der Waals surface area contributed by atoms with Crippen molar-refractivity contribution in [2.45, 2.75) is 72.2 Å². The van der Waals surface area contributed by atoms with Crippen LogP contribution in [0.1, 0.15) is 60.8 Å². The normalized spacial score (nSPS) is 27.4. The van der Waals surface area contributed by atoms with E-state index in [4.69, 9.17) is 0 Å². The number of hydrogen-bond acceptors (Lipinski definition) is 2. The lowest BCUT2D eigenvalue weighted by molar-refractivity contribution is 0.192. The van der Waals surface area contributed by atoms with Crippen LogP contribution < -0.4 is 5.32 Å². The lowest BCUT2D eigenvalue weighted by atomic mass is 9.77. The van der Waals surface area contributed by atoms with E-state index in [-0.39, 0.29) is 0 Å². The zero-order valence-electron chi connectivity index (χ0n) is 11.9. The summed E-state index contributed by atoms with van der Waals surface area (Å²) >= 11 is 2.13. The first kappa shape index (κ1) is 14.4. The van der Waals surface area contributed by atoms with Gasteiger partial charge in [-0.15, -0.1) is 11.8 Å². The summed E-state index contributed by atoms with van der Waals surface area (Å²) in [5, 5.41) is 4.53. The van der Waals surface area contributed by atoms with Crippen molar-refractivity contribution in [3.63, 3.8) is 0 Å². The molecule has 1 aliphatic rings. The summed E-state index contributed by atoms with van der Waals surface area (Å²) in [6, 6.07) is 0.698. The van der Waals surface area contributed by atoms with Crippen LogP contribution in [0.3, 0.4) is 0 Å². The van der Waals surface area contributed by atoms with Gasteiger partial charge >= 0.3 is 0 Å². The van der Waals surface area contributed by atoms with E-state index in [0.717, 1.165) is 0 Å². The van der Waals surface area contributed by atoms with Gasteiger partial charge in [0.15, 0.2) is 0 Å². The van der Waals surface area contributed by atoms with Crippen LogP contribution in [0.2, 0.25) is 0 Å². The quantitative estimate of drug-likeness (QED) is 0.773. The third kappa shape index (κ3) is 2.76. The molecule has 0 spiro atoms. The molecule has 0 aromatic heterocycles. The van der Waals surface area contributed by atoms with Crippen molar-refractivity contribution in [2.75, 3.05) is 5.75 Å². The Balaban J connectivity index is 2.65. The Morgan fingerprint density at radius 1 is 1.06 bits per heavy atom. The summed E-state index contributed by atoms with van der Waals surface area (Å²) in [6.45, 7) is 14.2. The van der Waals surface area contributed by atoms with Crippen LogP contribution in [-0.4, -0.2) is 17.2 Å². The highest BCUT2D eigenvalue weighted by atomic mass is 32.2. The zero-order valence-corrected chi connectivity index (χ0v) is 12.7. The zero-order chi connectivity index (χ0) is 12.4. The Labute approximate surface area is 106 Å². The van der Waals surface area contributed by atoms with Crippen LogP contribution in [-0.2, 0) is 0 Å². The molecule has 2 atom stereocenters. The topological polar surface area (TPSA) is 12.0 Å². The Hall–Kier alpha value is 0.310. The van der Waals surface area contributed by atoms with Crippen LogP contribution in [0.15, 0.2) is 0 Å². The average Bonchev–Trinajstić information content (AvgIpc) is 2.78. The van der Waals surface area contributed by atoms with E-state index in [1.165, 1.54) is 25.0 Å². The fraction of sp³-hybridized carbons (Fsp3) is 1.00. The number of hydrogen-bond donors (Lipinski definition) is 1. The molecule has 1 heterocycles. The Kier molecular flexibility index (Phi) is 4.76. The van der Waals surface area contributed by atoms with E-state index in [0.29, 0.717) is 22.2 Å². The Morgan fingerprint density at radius 2 is 1.62 bits per heavy atom. The van der Waals surface area contributed by atoms with Gasteiger partial charge in [0, 0.05) is 11.8 Å². The molecule has 0 aromatic carbocycles. The third-order valence-corrected chi connectivity index (χ3v) is 6.49. The van der Waals surface area contributed by atoms with Crippen molar-refractivity contribution >= 4 is 11.8 Å². The predicted molar refractivity (Wildman–Crippen MR) is 75.9 cm³/mol. The van der Waals surface area contributed by atoms with Gasteiger partial charge in [0.25, 0.3) is 0 Å². The highest BCUT2D eigenvalue weighted by Gasteiger charge is 2.41. The lowest BCUT2D eigenvalue weighted by Crippen LogP contribution is -2.46.